The maximum absolute atomic E-state index is 10.9. The molecular weight excluding hydrogens is 229 g/mol. The van der Waals surface area contributed by atoms with Crippen LogP contribution in [0.15, 0.2) is 0 Å². The number of aliphatic hydroxyl groups is 1. The van der Waals surface area contributed by atoms with Crippen molar-refractivity contribution >= 4 is 10.1 Å². The van der Waals surface area contributed by atoms with E-state index in [1.807, 2.05) is 11.8 Å². The summed E-state index contributed by atoms with van der Waals surface area (Å²) in [5.74, 6) is 0. The predicted octanol–water partition coefficient (Wildman–Crippen LogP) is -3.52. The van der Waals surface area contributed by atoms with Crippen molar-refractivity contribution in [3.05, 3.63) is 0 Å². The second-order valence-corrected chi connectivity index (χ2v) is 6.03. The monoisotopic (exact) mass is 243 g/mol. The number of hydrogen-bond donors (Lipinski definition) is 1. The fourth-order valence-corrected chi connectivity index (χ4v) is 2.91. The van der Waals surface area contributed by atoms with Crippen molar-refractivity contribution in [2.45, 2.75) is 43.2 Å². The van der Waals surface area contributed by atoms with Crippen molar-refractivity contribution < 1.29 is 47.6 Å². The van der Waals surface area contributed by atoms with Crippen LogP contribution in [-0.2, 0) is 10.1 Å². The molecule has 2 fully saturated rings. The predicted molar refractivity (Wildman–Crippen MR) is 48.5 cm³/mol. The second kappa shape index (κ2) is 4.25. The van der Waals surface area contributed by atoms with Crippen LogP contribution in [0.1, 0.15) is 26.2 Å². The Labute approximate surface area is 112 Å². The molecular formula is C8H14NNaO4S. The molecule has 0 aromatic rings. The standard InChI is InChI=1S/C8H15NO4S.Na/c1-6-4-8(10,14(11,12)13)5-9(6)7-2-3-7;/h6-7,10H,2-5H2,1H3,(H,11,12,13);/q;+1/p-1. The average molecular weight is 243 g/mol. The maximum atomic E-state index is 10.9. The molecule has 0 aromatic carbocycles. The zero-order valence-electron chi connectivity index (χ0n) is 9.01. The van der Waals surface area contributed by atoms with E-state index >= 15 is 0 Å². The van der Waals surface area contributed by atoms with Gasteiger partial charge in [-0.05, 0) is 19.8 Å². The quantitative estimate of drug-likeness (QED) is 0.402. The molecule has 2 aliphatic rings. The van der Waals surface area contributed by atoms with Crippen molar-refractivity contribution in [1.29, 1.82) is 0 Å². The van der Waals surface area contributed by atoms with E-state index in [0.717, 1.165) is 12.8 Å². The topological polar surface area (TPSA) is 80.7 Å². The summed E-state index contributed by atoms with van der Waals surface area (Å²) >= 11 is 0. The van der Waals surface area contributed by atoms with E-state index in [2.05, 4.69) is 0 Å². The van der Waals surface area contributed by atoms with Crippen LogP contribution in [0.2, 0.25) is 0 Å². The Morgan fingerprint density at radius 1 is 1.47 bits per heavy atom. The van der Waals surface area contributed by atoms with Crippen LogP contribution in [0.5, 0.6) is 0 Å². The molecule has 5 nitrogen and oxygen atoms in total. The van der Waals surface area contributed by atoms with E-state index in [4.69, 9.17) is 0 Å². The van der Waals surface area contributed by atoms with Crippen LogP contribution >= 0.6 is 0 Å². The molecule has 0 bridgehead atoms. The largest absolute Gasteiger partial charge is 1.00 e. The molecule has 1 heterocycles. The van der Waals surface area contributed by atoms with Gasteiger partial charge in [0.05, 0.1) is 0 Å². The summed E-state index contributed by atoms with van der Waals surface area (Å²) in [6.07, 6.45) is 2.12. The molecule has 1 saturated heterocycles. The molecule has 82 valence electrons. The molecule has 1 N–H and O–H groups in total. The molecule has 0 aromatic heterocycles. The van der Waals surface area contributed by atoms with Crippen LogP contribution < -0.4 is 29.6 Å². The third-order valence-corrected chi connectivity index (χ3v) is 4.32. The molecule has 15 heavy (non-hydrogen) atoms. The van der Waals surface area contributed by atoms with Gasteiger partial charge in [-0.2, -0.15) is 0 Å². The Balaban J connectivity index is 0.00000112. The fourth-order valence-electron chi connectivity index (χ4n) is 2.16. The summed E-state index contributed by atoms with van der Waals surface area (Å²) in [5.41, 5.74) is 0. The van der Waals surface area contributed by atoms with E-state index in [9.17, 15) is 18.1 Å². The Morgan fingerprint density at radius 3 is 2.33 bits per heavy atom. The Kier molecular flexibility index (Phi) is 3.94. The van der Waals surface area contributed by atoms with E-state index in [1.54, 1.807) is 0 Å². The first-order valence-electron chi connectivity index (χ1n) is 4.77. The van der Waals surface area contributed by atoms with Gasteiger partial charge in [0.2, 0.25) is 0 Å². The molecule has 2 atom stereocenters. The normalized spacial score (nSPS) is 37.7. The van der Waals surface area contributed by atoms with E-state index < -0.39 is 15.1 Å². The summed E-state index contributed by atoms with van der Waals surface area (Å²) in [7, 11) is -4.61. The smallest absolute Gasteiger partial charge is 0.746 e. The Hall–Kier alpha value is 0.830. The molecule has 0 spiro atoms. The first-order valence-corrected chi connectivity index (χ1v) is 6.18. The third-order valence-electron chi connectivity index (χ3n) is 3.09. The zero-order chi connectivity index (χ0) is 10.6. The number of β-amino-alcohol motifs (C(OH)–C–C–N with tert-alkyl or cyclic N) is 1. The summed E-state index contributed by atoms with van der Waals surface area (Å²) in [6.45, 7) is 1.83. The SMILES string of the molecule is CC1CC(O)(S(=O)(=O)[O-])CN1C1CC1.[Na+]. The van der Waals surface area contributed by atoms with Crippen molar-refractivity contribution in [1.82, 2.24) is 4.90 Å². The van der Waals surface area contributed by atoms with Gasteiger partial charge in [-0.15, -0.1) is 0 Å². The molecule has 7 heteroatoms. The Morgan fingerprint density at radius 2 is 2.00 bits per heavy atom. The van der Waals surface area contributed by atoms with E-state index in [-0.39, 0.29) is 48.6 Å². The summed E-state index contributed by atoms with van der Waals surface area (Å²) < 4.78 is 32.6. The van der Waals surface area contributed by atoms with Crippen LogP contribution in [0.3, 0.4) is 0 Å². The maximum Gasteiger partial charge on any atom is 1.00 e. The van der Waals surface area contributed by atoms with Gasteiger partial charge in [-0.3, -0.25) is 4.90 Å². The number of likely N-dealkylation sites (tertiary alicyclic amines) is 1. The van der Waals surface area contributed by atoms with Gasteiger partial charge in [-0.1, -0.05) is 0 Å². The minimum absolute atomic E-state index is 0. The molecule has 0 amide bonds. The summed E-state index contributed by atoms with van der Waals surface area (Å²) in [6, 6.07) is 0.358. The van der Waals surface area contributed by atoms with E-state index in [1.165, 1.54) is 0 Å². The van der Waals surface area contributed by atoms with Gasteiger partial charge in [0, 0.05) is 25.0 Å². The van der Waals surface area contributed by atoms with Gasteiger partial charge in [0.15, 0.2) is 4.93 Å². The van der Waals surface area contributed by atoms with Crippen LogP contribution in [0.4, 0.5) is 0 Å². The average Bonchev–Trinajstić information content (AvgIpc) is 2.77. The number of nitrogens with zero attached hydrogens (tertiary/aromatic N) is 1. The van der Waals surface area contributed by atoms with Crippen LogP contribution in [0.25, 0.3) is 0 Å². The molecule has 1 saturated carbocycles. The van der Waals surface area contributed by atoms with Gasteiger partial charge in [0.25, 0.3) is 0 Å². The minimum atomic E-state index is -4.61. The minimum Gasteiger partial charge on any atom is -0.746 e. The zero-order valence-corrected chi connectivity index (χ0v) is 11.8. The number of rotatable bonds is 2. The molecule has 2 unspecified atom stereocenters. The van der Waals surface area contributed by atoms with Gasteiger partial charge >= 0.3 is 29.6 Å². The van der Waals surface area contributed by atoms with Crippen LogP contribution in [0, 0.1) is 0 Å². The van der Waals surface area contributed by atoms with Crippen molar-refractivity contribution in [2.24, 2.45) is 0 Å². The van der Waals surface area contributed by atoms with Gasteiger partial charge < -0.3 is 9.66 Å². The van der Waals surface area contributed by atoms with E-state index in [0.29, 0.717) is 6.04 Å². The molecule has 1 aliphatic carbocycles. The number of hydrogen-bond acceptors (Lipinski definition) is 5. The first kappa shape index (κ1) is 13.9. The Bertz CT molecular complexity index is 343. The van der Waals surface area contributed by atoms with Gasteiger partial charge in [0.1, 0.15) is 10.1 Å². The van der Waals surface area contributed by atoms with Crippen molar-refractivity contribution in [3.63, 3.8) is 0 Å². The first-order chi connectivity index (χ1) is 6.33. The fraction of sp³-hybridized carbons (Fsp3) is 1.00. The summed E-state index contributed by atoms with van der Waals surface area (Å²) in [5, 5.41) is 9.70. The van der Waals surface area contributed by atoms with Crippen molar-refractivity contribution in [3.8, 4) is 0 Å². The summed E-state index contributed by atoms with van der Waals surface area (Å²) in [4.78, 5) is -0.134. The molecule has 1 aliphatic heterocycles. The van der Waals surface area contributed by atoms with Gasteiger partial charge in [-0.25, -0.2) is 8.42 Å². The van der Waals surface area contributed by atoms with Crippen LogP contribution in [-0.4, -0.2) is 46.5 Å². The second-order valence-electron chi connectivity index (χ2n) is 4.36. The van der Waals surface area contributed by atoms with Crippen molar-refractivity contribution in [2.75, 3.05) is 6.54 Å². The molecule has 2 rings (SSSR count). The third kappa shape index (κ3) is 2.57. The molecule has 0 radical (unpaired) electrons.